The molecule has 3 aromatic rings. The van der Waals surface area contributed by atoms with Gasteiger partial charge in [-0.25, -0.2) is 9.18 Å². The number of fused-ring (bicyclic) bond motifs is 1. The summed E-state index contributed by atoms with van der Waals surface area (Å²) in [5.74, 6) is -0.627. The van der Waals surface area contributed by atoms with E-state index in [0.717, 1.165) is 16.5 Å². The zero-order valence-corrected chi connectivity index (χ0v) is 13.8. The molecule has 25 heavy (non-hydrogen) atoms. The molecule has 5 nitrogen and oxygen atoms in total. The molecule has 0 saturated carbocycles. The predicted octanol–water partition coefficient (Wildman–Crippen LogP) is 3.57. The van der Waals surface area contributed by atoms with Crippen LogP contribution >= 0.6 is 0 Å². The van der Waals surface area contributed by atoms with Crippen molar-refractivity contribution in [2.24, 2.45) is 0 Å². The van der Waals surface area contributed by atoms with Crippen molar-refractivity contribution < 1.29 is 18.3 Å². The van der Waals surface area contributed by atoms with E-state index in [2.05, 4.69) is 5.32 Å². The van der Waals surface area contributed by atoms with Crippen molar-refractivity contribution in [2.75, 3.05) is 11.9 Å². The standard InChI is InChI=1S/C19H16FNO4/c1-11-3-6-15(20)16(7-11)21-18(22)10-24-13-4-5-14-12(2)8-19(23)25-17(14)9-13/h3-9H,10H2,1-2H3,(H,21,22). The summed E-state index contributed by atoms with van der Waals surface area (Å²) in [5, 5.41) is 3.25. The summed E-state index contributed by atoms with van der Waals surface area (Å²) in [6, 6.07) is 10.8. The van der Waals surface area contributed by atoms with Crippen LogP contribution in [0.3, 0.4) is 0 Å². The second kappa shape index (κ2) is 6.76. The van der Waals surface area contributed by atoms with Crippen LogP contribution in [-0.4, -0.2) is 12.5 Å². The number of anilines is 1. The van der Waals surface area contributed by atoms with Crippen molar-refractivity contribution in [3.63, 3.8) is 0 Å². The molecule has 0 fully saturated rings. The first-order valence-corrected chi connectivity index (χ1v) is 7.66. The molecular weight excluding hydrogens is 325 g/mol. The number of nitrogens with one attached hydrogen (secondary N) is 1. The summed E-state index contributed by atoms with van der Waals surface area (Å²) in [5.41, 5.74) is 1.67. The van der Waals surface area contributed by atoms with Gasteiger partial charge < -0.3 is 14.5 Å². The highest BCUT2D eigenvalue weighted by atomic mass is 19.1. The molecule has 0 bridgehead atoms. The Morgan fingerprint density at radius 2 is 1.96 bits per heavy atom. The van der Waals surface area contributed by atoms with Gasteiger partial charge in [0.05, 0.1) is 5.69 Å². The summed E-state index contributed by atoms with van der Waals surface area (Å²) in [4.78, 5) is 23.4. The Kier molecular flexibility index (Phi) is 4.52. The van der Waals surface area contributed by atoms with Crippen LogP contribution in [0.1, 0.15) is 11.1 Å². The number of amides is 1. The topological polar surface area (TPSA) is 68.5 Å². The minimum Gasteiger partial charge on any atom is -0.484 e. The molecule has 3 rings (SSSR count). The number of hydrogen-bond acceptors (Lipinski definition) is 4. The lowest BCUT2D eigenvalue weighted by molar-refractivity contribution is -0.118. The van der Waals surface area contributed by atoms with Crippen molar-refractivity contribution in [3.8, 4) is 5.75 Å². The Balaban J connectivity index is 1.70. The van der Waals surface area contributed by atoms with Crippen molar-refractivity contribution in [1.29, 1.82) is 0 Å². The zero-order chi connectivity index (χ0) is 18.0. The monoisotopic (exact) mass is 341 g/mol. The van der Waals surface area contributed by atoms with Gasteiger partial charge in [-0.2, -0.15) is 0 Å². The smallest absolute Gasteiger partial charge is 0.336 e. The number of halogens is 1. The van der Waals surface area contributed by atoms with E-state index in [4.69, 9.17) is 9.15 Å². The predicted molar refractivity (Wildman–Crippen MR) is 92.5 cm³/mol. The Hall–Kier alpha value is -3.15. The van der Waals surface area contributed by atoms with E-state index in [1.807, 2.05) is 6.92 Å². The first kappa shape index (κ1) is 16.7. The number of rotatable bonds is 4. The molecule has 0 saturated heterocycles. The average Bonchev–Trinajstić information content (AvgIpc) is 2.56. The molecular formula is C19H16FNO4. The highest BCUT2D eigenvalue weighted by molar-refractivity contribution is 5.92. The first-order chi connectivity index (χ1) is 11.9. The quantitative estimate of drug-likeness (QED) is 0.737. The number of ether oxygens (including phenoxy) is 1. The van der Waals surface area contributed by atoms with Gasteiger partial charge >= 0.3 is 5.63 Å². The Morgan fingerprint density at radius 1 is 1.16 bits per heavy atom. The van der Waals surface area contributed by atoms with Crippen LogP contribution in [0.2, 0.25) is 0 Å². The van der Waals surface area contributed by atoms with Gasteiger partial charge in [-0.15, -0.1) is 0 Å². The number of hydrogen-bond donors (Lipinski definition) is 1. The van der Waals surface area contributed by atoms with Gasteiger partial charge in [0.15, 0.2) is 6.61 Å². The Labute approximate surface area is 143 Å². The van der Waals surface area contributed by atoms with E-state index in [0.29, 0.717) is 11.3 Å². The summed E-state index contributed by atoms with van der Waals surface area (Å²) in [6.45, 7) is 3.31. The zero-order valence-electron chi connectivity index (χ0n) is 13.8. The van der Waals surface area contributed by atoms with Gasteiger partial charge in [0.2, 0.25) is 0 Å². The third kappa shape index (κ3) is 3.85. The fourth-order valence-electron chi connectivity index (χ4n) is 2.47. The van der Waals surface area contributed by atoms with Crippen LogP contribution < -0.4 is 15.7 Å². The fraction of sp³-hybridized carbons (Fsp3) is 0.158. The molecule has 1 amide bonds. The maximum absolute atomic E-state index is 13.6. The van der Waals surface area contributed by atoms with Crippen LogP contribution in [0.5, 0.6) is 5.75 Å². The van der Waals surface area contributed by atoms with Gasteiger partial charge in [0, 0.05) is 17.5 Å². The van der Waals surface area contributed by atoms with E-state index >= 15 is 0 Å². The summed E-state index contributed by atoms with van der Waals surface area (Å²) >= 11 is 0. The number of benzene rings is 2. The van der Waals surface area contributed by atoms with E-state index in [1.54, 1.807) is 37.3 Å². The van der Waals surface area contributed by atoms with Gasteiger partial charge in [-0.3, -0.25) is 4.79 Å². The number of carbonyl (C=O) groups is 1. The molecule has 0 spiro atoms. The highest BCUT2D eigenvalue weighted by Crippen LogP contribution is 2.22. The van der Waals surface area contributed by atoms with Gasteiger partial charge in [-0.05, 0) is 49.2 Å². The second-order valence-electron chi connectivity index (χ2n) is 5.73. The highest BCUT2D eigenvalue weighted by Gasteiger charge is 2.09. The SMILES string of the molecule is Cc1ccc(F)c(NC(=O)COc2ccc3c(C)cc(=O)oc3c2)c1. The van der Waals surface area contributed by atoms with Gasteiger partial charge in [-0.1, -0.05) is 6.07 Å². The van der Waals surface area contributed by atoms with Crippen molar-refractivity contribution >= 4 is 22.6 Å². The molecule has 0 atom stereocenters. The van der Waals surface area contributed by atoms with E-state index in [-0.39, 0.29) is 12.3 Å². The maximum Gasteiger partial charge on any atom is 0.336 e. The van der Waals surface area contributed by atoms with Crippen LogP contribution in [0.4, 0.5) is 10.1 Å². The van der Waals surface area contributed by atoms with Gasteiger partial charge in [0.25, 0.3) is 5.91 Å². The molecule has 0 aliphatic rings. The second-order valence-corrected chi connectivity index (χ2v) is 5.73. The molecule has 0 aliphatic carbocycles. The minimum atomic E-state index is -0.512. The fourth-order valence-corrected chi connectivity index (χ4v) is 2.47. The molecule has 2 aromatic carbocycles. The molecule has 1 aromatic heterocycles. The Morgan fingerprint density at radius 3 is 2.76 bits per heavy atom. The lowest BCUT2D eigenvalue weighted by Crippen LogP contribution is -2.20. The van der Waals surface area contributed by atoms with E-state index in [9.17, 15) is 14.0 Å². The van der Waals surface area contributed by atoms with E-state index in [1.165, 1.54) is 12.1 Å². The molecule has 1 heterocycles. The van der Waals surface area contributed by atoms with E-state index < -0.39 is 17.3 Å². The molecule has 0 unspecified atom stereocenters. The molecule has 0 aliphatic heterocycles. The molecule has 1 N–H and O–H groups in total. The Bertz CT molecular complexity index is 1010. The summed E-state index contributed by atoms with van der Waals surface area (Å²) in [7, 11) is 0. The van der Waals surface area contributed by atoms with Crippen molar-refractivity contribution in [3.05, 3.63) is 69.8 Å². The van der Waals surface area contributed by atoms with Crippen molar-refractivity contribution in [1.82, 2.24) is 0 Å². The summed E-state index contributed by atoms with van der Waals surface area (Å²) in [6.07, 6.45) is 0. The third-order valence-electron chi connectivity index (χ3n) is 3.69. The summed E-state index contributed by atoms with van der Waals surface area (Å²) < 4.78 is 24.2. The number of carbonyl (C=O) groups excluding carboxylic acids is 1. The largest absolute Gasteiger partial charge is 0.484 e. The van der Waals surface area contributed by atoms with Crippen LogP contribution in [0.25, 0.3) is 11.0 Å². The van der Waals surface area contributed by atoms with Crippen LogP contribution in [0.15, 0.2) is 51.7 Å². The minimum absolute atomic E-state index is 0.105. The number of aryl methyl sites for hydroxylation is 2. The third-order valence-corrected chi connectivity index (χ3v) is 3.69. The van der Waals surface area contributed by atoms with Gasteiger partial charge in [0.1, 0.15) is 17.1 Å². The maximum atomic E-state index is 13.6. The molecule has 0 radical (unpaired) electrons. The van der Waals surface area contributed by atoms with Crippen LogP contribution in [-0.2, 0) is 4.79 Å². The van der Waals surface area contributed by atoms with Crippen LogP contribution in [0, 0.1) is 19.7 Å². The lowest BCUT2D eigenvalue weighted by Gasteiger charge is -2.09. The lowest BCUT2D eigenvalue weighted by atomic mass is 10.1. The molecule has 6 heteroatoms. The first-order valence-electron chi connectivity index (χ1n) is 7.66. The normalized spacial score (nSPS) is 10.7. The average molecular weight is 341 g/mol. The van der Waals surface area contributed by atoms with Crippen molar-refractivity contribution in [2.45, 2.75) is 13.8 Å². The molecule has 128 valence electrons.